The number of rotatable bonds is 2. The number of benzene rings is 1. The Morgan fingerprint density at radius 2 is 2.05 bits per heavy atom. The number of ether oxygens (including phenoxy) is 1. The molecule has 1 aromatic carbocycles. The van der Waals surface area contributed by atoms with Gasteiger partial charge in [0.2, 0.25) is 0 Å². The van der Waals surface area contributed by atoms with Gasteiger partial charge in [-0.1, -0.05) is 25.3 Å². The number of nitrogens with two attached hydrogens (primary N) is 1. The molecule has 1 unspecified atom stereocenters. The molecule has 110 valence electrons. The molecule has 1 heterocycles. The van der Waals surface area contributed by atoms with Crippen LogP contribution in [0.25, 0.3) is 0 Å². The van der Waals surface area contributed by atoms with E-state index in [0.29, 0.717) is 5.25 Å². The van der Waals surface area contributed by atoms with E-state index in [4.69, 9.17) is 10.5 Å². The summed E-state index contributed by atoms with van der Waals surface area (Å²) in [4.78, 5) is 1.35. The molecule has 0 radical (unpaired) electrons. The number of hydrogen-bond donors (Lipinski definition) is 1. The molecule has 2 nitrogen and oxygen atoms in total. The lowest BCUT2D eigenvalue weighted by molar-refractivity contribution is -0.0971. The van der Waals surface area contributed by atoms with Gasteiger partial charge in [-0.05, 0) is 50.3 Å². The van der Waals surface area contributed by atoms with Crippen molar-refractivity contribution in [2.75, 3.05) is 12.3 Å². The van der Waals surface area contributed by atoms with Crippen LogP contribution in [0.5, 0.6) is 0 Å². The van der Waals surface area contributed by atoms with Gasteiger partial charge in [0.15, 0.2) is 0 Å². The monoisotopic (exact) mass is 291 g/mol. The summed E-state index contributed by atoms with van der Waals surface area (Å²) in [6.07, 6.45) is 8.98. The van der Waals surface area contributed by atoms with E-state index in [0.717, 1.165) is 12.3 Å². The fourth-order valence-corrected chi connectivity index (χ4v) is 4.98. The highest BCUT2D eigenvalue weighted by Crippen LogP contribution is 2.44. The summed E-state index contributed by atoms with van der Waals surface area (Å²) in [5.74, 6) is 0. The van der Waals surface area contributed by atoms with Crippen molar-refractivity contribution in [3.8, 4) is 0 Å². The second kappa shape index (κ2) is 5.98. The molecular weight excluding hydrogens is 266 g/mol. The minimum Gasteiger partial charge on any atom is -0.398 e. The van der Waals surface area contributed by atoms with Crippen molar-refractivity contribution in [1.82, 2.24) is 0 Å². The Bertz CT molecular complexity index is 463. The minimum absolute atomic E-state index is 0.197. The van der Waals surface area contributed by atoms with Gasteiger partial charge in [0.25, 0.3) is 0 Å². The standard InChI is InChI=1S/C17H25NOS/c1-13-15(18)6-5-7-16(13)20-14-8-11-19-17(12-14)9-3-2-4-10-17/h5-7,14H,2-4,8-12,18H2,1H3. The molecule has 2 fully saturated rings. The van der Waals surface area contributed by atoms with Crippen molar-refractivity contribution in [1.29, 1.82) is 0 Å². The van der Waals surface area contributed by atoms with Crippen LogP contribution in [0.15, 0.2) is 23.1 Å². The Hall–Kier alpha value is -0.670. The summed E-state index contributed by atoms with van der Waals surface area (Å²) < 4.78 is 6.19. The van der Waals surface area contributed by atoms with Gasteiger partial charge in [-0.15, -0.1) is 11.8 Å². The van der Waals surface area contributed by atoms with Crippen LogP contribution in [0, 0.1) is 6.92 Å². The number of thioether (sulfide) groups is 1. The molecule has 0 bridgehead atoms. The first-order valence-electron chi connectivity index (χ1n) is 7.84. The third-order valence-corrected chi connectivity index (χ3v) is 6.26. The molecular formula is C17H25NOS. The molecule has 20 heavy (non-hydrogen) atoms. The van der Waals surface area contributed by atoms with Crippen LogP contribution in [0.2, 0.25) is 0 Å². The van der Waals surface area contributed by atoms with Crippen molar-refractivity contribution >= 4 is 17.4 Å². The second-order valence-corrected chi connectivity index (χ2v) is 7.64. The molecule has 1 atom stereocenters. The molecule has 2 aliphatic rings. The van der Waals surface area contributed by atoms with Crippen LogP contribution in [0.1, 0.15) is 50.5 Å². The summed E-state index contributed by atoms with van der Waals surface area (Å²) >= 11 is 2.01. The average Bonchev–Trinajstić information content (AvgIpc) is 2.45. The van der Waals surface area contributed by atoms with E-state index in [1.165, 1.54) is 55.4 Å². The average molecular weight is 291 g/mol. The van der Waals surface area contributed by atoms with Crippen LogP contribution < -0.4 is 5.73 Å². The van der Waals surface area contributed by atoms with Gasteiger partial charge in [-0.3, -0.25) is 0 Å². The zero-order valence-electron chi connectivity index (χ0n) is 12.4. The molecule has 1 aliphatic carbocycles. The third-order valence-electron chi connectivity index (χ3n) is 4.83. The van der Waals surface area contributed by atoms with Crippen LogP contribution in [-0.4, -0.2) is 17.5 Å². The summed E-state index contributed by atoms with van der Waals surface area (Å²) in [6.45, 7) is 3.06. The van der Waals surface area contributed by atoms with E-state index < -0.39 is 0 Å². The summed E-state index contributed by atoms with van der Waals surface area (Å²) in [5, 5.41) is 0.683. The topological polar surface area (TPSA) is 35.2 Å². The highest BCUT2D eigenvalue weighted by molar-refractivity contribution is 8.00. The summed E-state index contributed by atoms with van der Waals surface area (Å²) in [6, 6.07) is 6.27. The Morgan fingerprint density at radius 3 is 2.85 bits per heavy atom. The molecule has 0 aromatic heterocycles. The predicted molar refractivity (Wildman–Crippen MR) is 86.2 cm³/mol. The minimum atomic E-state index is 0.197. The second-order valence-electron chi connectivity index (χ2n) is 6.30. The molecule has 1 aromatic rings. The summed E-state index contributed by atoms with van der Waals surface area (Å²) in [7, 11) is 0. The molecule has 1 aliphatic heterocycles. The molecule has 0 amide bonds. The normalized spacial score (nSPS) is 25.8. The smallest absolute Gasteiger partial charge is 0.0693 e. The Kier molecular flexibility index (Phi) is 4.27. The zero-order valence-corrected chi connectivity index (χ0v) is 13.2. The first kappa shape index (κ1) is 14.3. The van der Waals surface area contributed by atoms with E-state index in [2.05, 4.69) is 19.1 Å². The van der Waals surface area contributed by atoms with E-state index in [1.54, 1.807) is 0 Å². The number of anilines is 1. The van der Waals surface area contributed by atoms with Crippen LogP contribution in [0.3, 0.4) is 0 Å². The van der Waals surface area contributed by atoms with E-state index >= 15 is 0 Å². The van der Waals surface area contributed by atoms with Crippen molar-refractivity contribution in [2.45, 2.75) is 67.6 Å². The van der Waals surface area contributed by atoms with Crippen molar-refractivity contribution in [3.63, 3.8) is 0 Å². The largest absolute Gasteiger partial charge is 0.398 e. The van der Waals surface area contributed by atoms with Gasteiger partial charge in [0.1, 0.15) is 0 Å². The van der Waals surface area contributed by atoms with Crippen molar-refractivity contribution < 1.29 is 4.74 Å². The number of nitrogen functional groups attached to an aromatic ring is 1. The molecule has 1 saturated heterocycles. The highest BCUT2D eigenvalue weighted by atomic mass is 32.2. The SMILES string of the molecule is Cc1c(N)cccc1SC1CCOC2(CCCCC2)C1. The predicted octanol–water partition coefficient (Wildman–Crippen LogP) is 4.55. The van der Waals surface area contributed by atoms with E-state index in [1.807, 2.05) is 17.8 Å². The molecule has 3 heteroatoms. The zero-order chi connectivity index (χ0) is 14.0. The molecule has 2 N–H and O–H groups in total. The lowest BCUT2D eigenvalue weighted by Gasteiger charge is -2.43. The first-order valence-corrected chi connectivity index (χ1v) is 8.72. The van der Waals surface area contributed by atoms with Gasteiger partial charge < -0.3 is 10.5 Å². The third kappa shape index (κ3) is 2.99. The Balaban J connectivity index is 1.69. The van der Waals surface area contributed by atoms with Gasteiger partial charge in [-0.25, -0.2) is 0 Å². The van der Waals surface area contributed by atoms with Gasteiger partial charge in [-0.2, -0.15) is 0 Å². The maximum absolute atomic E-state index is 6.19. The molecule has 1 spiro atoms. The van der Waals surface area contributed by atoms with Gasteiger partial charge in [0, 0.05) is 22.4 Å². The Morgan fingerprint density at radius 1 is 1.25 bits per heavy atom. The number of hydrogen-bond acceptors (Lipinski definition) is 3. The maximum Gasteiger partial charge on any atom is 0.0693 e. The molecule has 3 rings (SSSR count). The fraction of sp³-hybridized carbons (Fsp3) is 0.647. The first-order chi connectivity index (χ1) is 9.69. The van der Waals surface area contributed by atoms with Gasteiger partial charge in [0.05, 0.1) is 5.60 Å². The molecule has 1 saturated carbocycles. The lowest BCUT2D eigenvalue weighted by atomic mass is 9.80. The maximum atomic E-state index is 6.19. The van der Waals surface area contributed by atoms with Gasteiger partial charge >= 0.3 is 0 Å². The lowest BCUT2D eigenvalue weighted by Crippen LogP contribution is -2.42. The van der Waals surface area contributed by atoms with E-state index in [-0.39, 0.29) is 5.60 Å². The van der Waals surface area contributed by atoms with Crippen LogP contribution in [0.4, 0.5) is 5.69 Å². The summed E-state index contributed by atoms with van der Waals surface area (Å²) in [5.41, 5.74) is 8.37. The highest BCUT2D eigenvalue weighted by Gasteiger charge is 2.38. The fourth-order valence-electron chi connectivity index (χ4n) is 3.57. The van der Waals surface area contributed by atoms with Crippen LogP contribution >= 0.6 is 11.8 Å². The Labute approximate surface area is 126 Å². The quantitative estimate of drug-likeness (QED) is 0.812. The van der Waals surface area contributed by atoms with Crippen LogP contribution in [-0.2, 0) is 4.74 Å². The van der Waals surface area contributed by atoms with E-state index in [9.17, 15) is 0 Å². The van der Waals surface area contributed by atoms with Crippen molar-refractivity contribution in [2.24, 2.45) is 0 Å². The van der Waals surface area contributed by atoms with Crippen molar-refractivity contribution in [3.05, 3.63) is 23.8 Å².